The van der Waals surface area contributed by atoms with Crippen LogP contribution in [-0.4, -0.2) is 41.5 Å². The maximum absolute atomic E-state index is 14.0. The summed E-state index contributed by atoms with van der Waals surface area (Å²) in [5.41, 5.74) is 2.51. The standard InChI is InChI=1S/C32H37N3O4/c1-6-23-18-13-19-26(20-23)28(29(36)33-22-25-16-11-8-12-17-25)35(5)30(37)27(21-24-14-9-7-10-15-24)34-31(38)39-32(2,3)4/h6-20,27-28H,1,21-22H2,2-5H3,(H,33,36)(H,34,38). The van der Waals surface area contributed by atoms with Crippen LogP contribution in [0.3, 0.4) is 0 Å². The van der Waals surface area contributed by atoms with Crippen LogP contribution in [0.2, 0.25) is 0 Å². The van der Waals surface area contributed by atoms with Crippen LogP contribution in [0.1, 0.15) is 49.1 Å². The summed E-state index contributed by atoms with van der Waals surface area (Å²) in [4.78, 5) is 41.7. The highest BCUT2D eigenvalue weighted by Gasteiger charge is 2.34. The molecule has 0 aliphatic rings. The zero-order valence-electron chi connectivity index (χ0n) is 23.0. The van der Waals surface area contributed by atoms with Crippen molar-refractivity contribution in [2.75, 3.05) is 7.05 Å². The molecule has 3 aromatic carbocycles. The first-order valence-corrected chi connectivity index (χ1v) is 12.9. The van der Waals surface area contributed by atoms with Gasteiger partial charge in [-0.2, -0.15) is 0 Å². The van der Waals surface area contributed by atoms with E-state index in [1.807, 2.05) is 78.9 Å². The first kappa shape index (κ1) is 29.2. The highest BCUT2D eigenvalue weighted by Crippen LogP contribution is 2.23. The molecule has 0 saturated heterocycles. The Hall–Kier alpha value is -4.39. The predicted molar refractivity (Wildman–Crippen MR) is 154 cm³/mol. The van der Waals surface area contributed by atoms with Crippen molar-refractivity contribution in [1.29, 1.82) is 0 Å². The van der Waals surface area contributed by atoms with E-state index < -0.39 is 29.7 Å². The third-order valence-corrected chi connectivity index (χ3v) is 6.03. The Morgan fingerprint density at radius 1 is 0.923 bits per heavy atom. The molecule has 0 aromatic heterocycles. The number of alkyl carbamates (subject to hydrolysis) is 1. The average molecular weight is 528 g/mol. The van der Waals surface area contributed by atoms with Gasteiger partial charge in [-0.1, -0.05) is 91.5 Å². The molecule has 39 heavy (non-hydrogen) atoms. The molecule has 3 amide bonds. The van der Waals surface area contributed by atoms with Crippen LogP contribution in [0.4, 0.5) is 4.79 Å². The van der Waals surface area contributed by atoms with E-state index in [1.54, 1.807) is 40.0 Å². The van der Waals surface area contributed by atoms with E-state index in [0.717, 1.165) is 16.7 Å². The van der Waals surface area contributed by atoms with Crippen LogP contribution in [0.15, 0.2) is 91.5 Å². The number of amides is 3. The Balaban J connectivity index is 1.92. The summed E-state index contributed by atoms with van der Waals surface area (Å²) in [6, 6.07) is 24.4. The number of hydrogen-bond acceptors (Lipinski definition) is 4. The van der Waals surface area contributed by atoms with E-state index in [0.29, 0.717) is 12.1 Å². The lowest BCUT2D eigenvalue weighted by Crippen LogP contribution is -2.52. The van der Waals surface area contributed by atoms with Crippen molar-refractivity contribution in [1.82, 2.24) is 15.5 Å². The Morgan fingerprint density at radius 3 is 2.13 bits per heavy atom. The number of carbonyl (C=O) groups is 3. The molecule has 7 heteroatoms. The highest BCUT2D eigenvalue weighted by atomic mass is 16.6. The monoisotopic (exact) mass is 527 g/mol. The van der Waals surface area contributed by atoms with Crippen LogP contribution >= 0.6 is 0 Å². The molecule has 2 unspecified atom stereocenters. The van der Waals surface area contributed by atoms with Gasteiger partial charge in [-0.3, -0.25) is 9.59 Å². The molecule has 0 radical (unpaired) electrons. The second-order valence-corrected chi connectivity index (χ2v) is 10.3. The van der Waals surface area contributed by atoms with Gasteiger partial charge in [0.05, 0.1) is 0 Å². The Bertz CT molecular complexity index is 1270. The normalized spacial score (nSPS) is 12.5. The van der Waals surface area contributed by atoms with E-state index in [4.69, 9.17) is 4.74 Å². The van der Waals surface area contributed by atoms with Gasteiger partial charge in [-0.25, -0.2) is 4.79 Å². The average Bonchev–Trinajstić information content (AvgIpc) is 2.91. The van der Waals surface area contributed by atoms with Crippen molar-refractivity contribution in [2.24, 2.45) is 0 Å². The van der Waals surface area contributed by atoms with Crippen LogP contribution in [0, 0.1) is 0 Å². The number of hydrogen-bond donors (Lipinski definition) is 2. The lowest BCUT2D eigenvalue weighted by molar-refractivity contribution is -0.140. The number of nitrogens with one attached hydrogen (secondary N) is 2. The third-order valence-electron chi connectivity index (χ3n) is 6.03. The zero-order chi connectivity index (χ0) is 28.4. The topological polar surface area (TPSA) is 87.7 Å². The Kier molecular flexibility index (Phi) is 10.0. The maximum Gasteiger partial charge on any atom is 0.408 e. The van der Waals surface area contributed by atoms with Gasteiger partial charge < -0.3 is 20.3 Å². The second-order valence-electron chi connectivity index (χ2n) is 10.3. The van der Waals surface area contributed by atoms with Crippen LogP contribution in [0.25, 0.3) is 6.08 Å². The fourth-order valence-electron chi connectivity index (χ4n) is 4.16. The SMILES string of the molecule is C=Cc1cccc(C(C(=O)NCc2ccccc2)N(C)C(=O)C(Cc2ccccc2)NC(=O)OC(C)(C)C)c1. The quantitative estimate of drug-likeness (QED) is 0.376. The number of rotatable bonds is 10. The van der Waals surface area contributed by atoms with Gasteiger partial charge in [0.25, 0.3) is 0 Å². The highest BCUT2D eigenvalue weighted by molar-refractivity contribution is 5.92. The molecule has 3 aromatic rings. The summed E-state index contributed by atoms with van der Waals surface area (Å²) in [5, 5.41) is 5.69. The number of likely N-dealkylation sites (N-methyl/N-ethyl adjacent to an activating group) is 1. The molecule has 0 spiro atoms. The van der Waals surface area contributed by atoms with Crippen molar-refractivity contribution in [3.05, 3.63) is 114 Å². The van der Waals surface area contributed by atoms with E-state index in [-0.39, 0.29) is 12.3 Å². The first-order chi connectivity index (χ1) is 18.6. The van der Waals surface area contributed by atoms with Gasteiger partial charge in [-0.15, -0.1) is 0 Å². The summed E-state index contributed by atoms with van der Waals surface area (Å²) in [5.74, 6) is -0.764. The van der Waals surface area contributed by atoms with Gasteiger partial charge in [0.15, 0.2) is 0 Å². The second kappa shape index (κ2) is 13.4. The lowest BCUT2D eigenvalue weighted by Gasteiger charge is -2.32. The van der Waals surface area contributed by atoms with Crippen LogP contribution in [0.5, 0.6) is 0 Å². The van der Waals surface area contributed by atoms with Crippen molar-refractivity contribution in [3.63, 3.8) is 0 Å². The summed E-state index contributed by atoms with van der Waals surface area (Å²) < 4.78 is 5.44. The lowest BCUT2D eigenvalue weighted by atomic mass is 9.99. The minimum Gasteiger partial charge on any atom is -0.444 e. The van der Waals surface area contributed by atoms with E-state index in [1.165, 1.54) is 4.90 Å². The third kappa shape index (κ3) is 8.85. The number of ether oxygens (including phenoxy) is 1. The number of benzene rings is 3. The molecule has 0 fully saturated rings. The van der Waals surface area contributed by atoms with Gasteiger partial charge in [0.1, 0.15) is 17.7 Å². The molecule has 0 saturated carbocycles. The first-order valence-electron chi connectivity index (χ1n) is 12.9. The summed E-state index contributed by atoms with van der Waals surface area (Å²) in [6.07, 6.45) is 1.21. The van der Waals surface area contributed by atoms with E-state index in [2.05, 4.69) is 17.2 Å². The van der Waals surface area contributed by atoms with Crippen LogP contribution in [-0.2, 0) is 27.3 Å². The molecule has 0 aliphatic carbocycles. The molecule has 2 atom stereocenters. The minimum absolute atomic E-state index is 0.230. The predicted octanol–water partition coefficient (Wildman–Crippen LogP) is 5.28. The van der Waals surface area contributed by atoms with Crippen LogP contribution < -0.4 is 10.6 Å². The fourth-order valence-corrected chi connectivity index (χ4v) is 4.16. The van der Waals surface area contributed by atoms with Gasteiger partial charge in [0.2, 0.25) is 11.8 Å². The van der Waals surface area contributed by atoms with E-state index in [9.17, 15) is 14.4 Å². The van der Waals surface area contributed by atoms with Crippen molar-refractivity contribution >= 4 is 24.0 Å². The smallest absolute Gasteiger partial charge is 0.408 e. The largest absolute Gasteiger partial charge is 0.444 e. The fraction of sp³-hybridized carbons (Fsp3) is 0.281. The molecular formula is C32H37N3O4. The van der Waals surface area contributed by atoms with Gasteiger partial charge in [-0.05, 0) is 49.1 Å². The van der Waals surface area contributed by atoms with Gasteiger partial charge in [0, 0.05) is 20.0 Å². The Morgan fingerprint density at radius 2 is 1.54 bits per heavy atom. The van der Waals surface area contributed by atoms with Crippen molar-refractivity contribution in [2.45, 2.75) is 51.4 Å². The molecule has 0 bridgehead atoms. The molecule has 204 valence electrons. The molecule has 0 heterocycles. The van der Waals surface area contributed by atoms with E-state index >= 15 is 0 Å². The minimum atomic E-state index is -0.959. The number of carbonyl (C=O) groups excluding carboxylic acids is 3. The summed E-state index contributed by atoms with van der Waals surface area (Å²) >= 11 is 0. The summed E-state index contributed by atoms with van der Waals surface area (Å²) in [6.45, 7) is 9.40. The molecular weight excluding hydrogens is 490 g/mol. The molecule has 7 nitrogen and oxygen atoms in total. The van der Waals surface area contributed by atoms with Gasteiger partial charge >= 0.3 is 6.09 Å². The number of nitrogens with zero attached hydrogens (tertiary/aromatic N) is 1. The maximum atomic E-state index is 14.0. The summed E-state index contributed by atoms with van der Waals surface area (Å²) in [7, 11) is 1.57. The molecule has 3 rings (SSSR count). The molecule has 2 N–H and O–H groups in total. The van der Waals surface area contributed by atoms with Crippen molar-refractivity contribution < 1.29 is 19.1 Å². The molecule has 0 aliphatic heterocycles. The Labute approximate surface area is 230 Å². The van der Waals surface area contributed by atoms with Crippen molar-refractivity contribution in [3.8, 4) is 0 Å². The zero-order valence-corrected chi connectivity index (χ0v) is 23.0.